The first-order valence-corrected chi connectivity index (χ1v) is 7.83. The van der Waals surface area contributed by atoms with Gasteiger partial charge in [-0.1, -0.05) is 0 Å². The number of carbonyl (C=O) groups excluding carboxylic acids is 1. The lowest BCUT2D eigenvalue weighted by Crippen LogP contribution is -2.09. The van der Waals surface area contributed by atoms with Crippen molar-refractivity contribution in [1.82, 2.24) is 9.97 Å². The molecule has 2 heterocycles. The van der Waals surface area contributed by atoms with Gasteiger partial charge < -0.3 is 10.1 Å². The number of carbonyl (C=O) groups is 1. The average molecular weight is 332 g/mol. The standard InChI is InChI=1S/C19H16N4O2/c1-3-25-19(24)16-11-21-18-15(9-4-12(2)22-18)17(16)23-14-7-5-13(10-20)6-8-14/h4-9,11H,3H2,1-2H3,(H,21,22,23). The molecule has 0 atom stereocenters. The number of nitrogens with one attached hydrogen (secondary N) is 1. The minimum atomic E-state index is -0.450. The first-order valence-electron chi connectivity index (χ1n) is 7.83. The number of hydrogen-bond acceptors (Lipinski definition) is 6. The van der Waals surface area contributed by atoms with Crippen molar-refractivity contribution in [2.45, 2.75) is 13.8 Å². The molecule has 3 rings (SSSR count). The molecule has 0 saturated carbocycles. The van der Waals surface area contributed by atoms with Crippen molar-refractivity contribution in [2.24, 2.45) is 0 Å². The van der Waals surface area contributed by atoms with Crippen LogP contribution in [0.15, 0.2) is 42.6 Å². The van der Waals surface area contributed by atoms with E-state index in [9.17, 15) is 4.79 Å². The fourth-order valence-corrected chi connectivity index (χ4v) is 2.44. The predicted octanol–water partition coefficient (Wildman–Crippen LogP) is 3.73. The summed E-state index contributed by atoms with van der Waals surface area (Å²) in [5.74, 6) is -0.450. The number of esters is 1. The fraction of sp³-hybridized carbons (Fsp3) is 0.158. The van der Waals surface area contributed by atoms with Crippen LogP contribution >= 0.6 is 0 Å². The highest BCUT2D eigenvalue weighted by Crippen LogP contribution is 2.29. The van der Waals surface area contributed by atoms with Gasteiger partial charge >= 0.3 is 5.97 Å². The number of hydrogen-bond donors (Lipinski definition) is 1. The van der Waals surface area contributed by atoms with Gasteiger partial charge in [-0.25, -0.2) is 14.8 Å². The maximum absolute atomic E-state index is 12.3. The molecule has 124 valence electrons. The van der Waals surface area contributed by atoms with Crippen molar-refractivity contribution in [3.05, 3.63) is 59.4 Å². The van der Waals surface area contributed by atoms with Crippen LogP contribution in [0, 0.1) is 18.3 Å². The third kappa shape index (κ3) is 3.40. The van der Waals surface area contributed by atoms with E-state index in [1.54, 1.807) is 31.2 Å². The van der Waals surface area contributed by atoms with Crippen molar-refractivity contribution < 1.29 is 9.53 Å². The molecule has 0 aliphatic rings. The Kier molecular flexibility index (Phi) is 4.57. The van der Waals surface area contributed by atoms with Gasteiger partial charge in [-0.15, -0.1) is 0 Å². The Bertz CT molecular complexity index is 975. The Labute approximate surface area is 145 Å². The van der Waals surface area contributed by atoms with Crippen LogP contribution in [0.3, 0.4) is 0 Å². The topological polar surface area (TPSA) is 87.9 Å². The molecular weight excluding hydrogens is 316 g/mol. The van der Waals surface area contributed by atoms with E-state index < -0.39 is 5.97 Å². The molecule has 0 radical (unpaired) electrons. The number of rotatable bonds is 4. The van der Waals surface area contributed by atoms with Gasteiger partial charge in [0.15, 0.2) is 5.65 Å². The minimum Gasteiger partial charge on any atom is -0.462 e. The van der Waals surface area contributed by atoms with Crippen molar-refractivity contribution in [3.8, 4) is 6.07 Å². The zero-order valence-corrected chi connectivity index (χ0v) is 13.9. The lowest BCUT2D eigenvalue weighted by atomic mass is 10.1. The number of nitrogens with zero attached hydrogens (tertiary/aromatic N) is 3. The second-order valence-electron chi connectivity index (χ2n) is 5.41. The largest absolute Gasteiger partial charge is 0.462 e. The van der Waals surface area contributed by atoms with Gasteiger partial charge in [-0.2, -0.15) is 5.26 Å². The molecule has 0 spiro atoms. The number of anilines is 2. The lowest BCUT2D eigenvalue weighted by molar-refractivity contribution is 0.0527. The van der Waals surface area contributed by atoms with Gasteiger partial charge in [0.1, 0.15) is 5.56 Å². The molecule has 0 saturated heterocycles. The van der Waals surface area contributed by atoms with Gasteiger partial charge in [-0.05, 0) is 50.2 Å². The van der Waals surface area contributed by atoms with E-state index in [-0.39, 0.29) is 6.61 Å². The molecular formula is C19H16N4O2. The molecule has 0 fully saturated rings. The third-order valence-electron chi connectivity index (χ3n) is 3.65. The molecule has 3 aromatic rings. The molecule has 0 aliphatic carbocycles. The summed E-state index contributed by atoms with van der Waals surface area (Å²) in [6, 6.07) is 12.8. The Morgan fingerprint density at radius 2 is 2.00 bits per heavy atom. The zero-order chi connectivity index (χ0) is 17.8. The first kappa shape index (κ1) is 16.4. The van der Waals surface area contributed by atoms with Gasteiger partial charge in [-0.3, -0.25) is 0 Å². The van der Waals surface area contributed by atoms with Crippen molar-refractivity contribution in [1.29, 1.82) is 5.26 Å². The van der Waals surface area contributed by atoms with Gasteiger partial charge in [0.25, 0.3) is 0 Å². The molecule has 25 heavy (non-hydrogen) atoms. The molecule has 1 N–H and O–H groups in total. The molecule has 1 aromatic carbocycles. The number of nitriles is 1. The smallest absolute Gasteiger partial charge is 0.341 e. The summed E-state index contributed by atoms with van der Waals surface area (Å²) in [5, 5.41) is 12.9. The molecule has 0 unspecified atom stereocenters. The summed E-state index contributed by atoms with van der Waals surface area (Å²) < 4.78 is 5.13. The Morgan fingerprint density at radius 1 is 1.24 bits per heavy atom. The molecule has 0 bridgehead atoms. The first-order chi connectivity index (χ1) is 12.1. The van der Waals surface area contributed by atoms with Crippen molar-refractivity contribution in [2.75, 3.05) is 11.9 Å². The average Bonchev–Trinajstić information content (AvgIpc) is 2.62. The SMILES string of the molecule is CCOC(=O)c1cnc2nc(C)ccc2c1Nc1ccc(C#N)cc1. The lowest BCUT2D eigenvalue weighted by Gasteiger charge is -2.14. The molecule has 6 heteroatoms. The summed E-state index contributed by atoms with van der Waals surface area (Å²) in [4.78, 5) is 21.0. The summed E-state index contributed by atoms with van der Waals surface area (Å²) in [6.07, 6.45) is 1.47. The molecule has 0 aliphatic heterocycles. The van der Waals surface area contributed by atoms with E-state index in [2.05, 4.69) is 21.4 Å². The van der Waals surface area contributed by atoms with Crippen LogP contribution in [0.1, 0.15) is 28.5 Å². The van der Waals surface area contributed by atoms with Crippen LogP contribution in [0.25, 0.3) is 11.0 Å². The van der Waals surface area contributed by atoms with Crippen LogP contribution in [-0.2, 0) is 4.74 Å². The Hall–Kier alpha value is -3.46. The van der Waals surface area contributed by atoms with E-state index in [1.807, 2.05) is 19.1 Å². The fourth-order valence-electron chi connectivity index (χ4n) is 2.44. The van der Waals surface area contributed by atoms with E-state index in [1.165, 1.54) is 6.20 Å². The van der Waals surface area contributed by atoms with Gasteiger partial charge in [0, 0.05) is 23.0 Å². The van der Waals surface area contributed by atoms with E-state index >= 15 is 0 Å². The van der Waals surface area contributed by atoms with Crippen LogP contribution in [0.4, 0.5) is 11.4 Å². The monoisotopic (exact) mass is 332 g/mol. The van der Waals surface area contributed by atoms with Crippen LogP contribution < -0.4 is 5.32 Å². The zero-order valence-electron chi connectivity index (χ0n) is 13.9. The maximum atomic E-state index is 12.3. The highest BCUT2D eigenvalue weighted by atomic mass is 16.5. The number of aryl methyl sites for hydroxylation is 1. The normalized spacial score (nSPS) is 10.3. The summed E-state index contributed by atoms with van der Waals surface area (Å²) in [5.41, 5.74) is 3.62. The second-order valence-corrected chi connectivity index (χ2v) is 5.41. The highest BCUT2D eigenvalue weighted by Gasteiger charge is 2.17. The summed E-state index contributed by atoms with van der Waals surface area (Å²) in [7, 11) is 0. The van der Waals surface area contributed by atoms with E-state index in [0.717, 1.165) is 16.8 Å². The third-order valence-corrected chi connectivity index (χ3v) is 3.65. The number of fused-ring (bicyclic) bond motifs is 1. The quantitative estimate of drug-likeness (QED) is 0.732. The maximum Gasteiger partial charge on any atom is 0.341 e. The van der Waals surface area contributed by atoms with E-state index in [4.69, 9.17) is 10.00 Å². The van der Waals surface area contributed by atoms with Crippen LogP contribution in [0.2, 0.25) is 0 Å². The molecule has 6 nitrogen and oxygen atoms in total. The van der Waals surface area contributed by atoms with Crippen LogP contribution in [-0.4, -0.2) is 22.5 Å². The molecule has 2 aromatic heterocycles. The molecule has 0 amide bonds. The second kappa shape index (κ2) is 6.97. The predicted molar refractivity (Wildman–Crippen MR) is 94.7 cm³/mol. The minimum absolute atomic E-state index is 0.277. The highest BCUT2D eigenvalue weighted by molar-refractivity contribution is 6.05. The Balaban J connectivity index is 2.12. The summed E-state index contributed by atoms with van der Waals surface area (Å²) in [6.45, 7) is 3.92. The number of aromatic nitrogens is 2. The van der Waals surface area contributed by atoms with Gasteiger partial charge in [0.05, 0.1) is 23.9 Å². The van der Waals surface area contributed by atoms with E-state index in [0.29, 0.717) is 22.5 Å². The van der Waals surface area contributed by atoms with Gasteiger partial charge in [0.2, 0.25) is 0 Å². The summed E-state index contributed by atoms with van der Waals surface area (Å²) >= 11 is 0. The number of benzene rings is 1. The van der Waals surface area contributed by atoms with Crippen LogP contribution in [0.5, 0.6) is 0 Å². The number of ether oxygens (including phenoxy) is 1. The number of pyridine rings is 2. The Morgan fingerprint density at radius 3 is 2.68 bits per heavy atom. The van der Waals surface area contributed by atoms with Crippen molar-refractivity contribution in [3.63, 3.8) is 0 Å². The van der Waals surface area contributed by atoms with Crippen molar-refractivity contribution >= 4 is 28.4 Å².